The highest BCUT2D eigenvalue weighted by atomic mass is 16.5. The Labute approximate surface area is 158 Å². The molecule has 2 N–H and O–H groups in total. The van der Waals surface area contributed by atoms with Gasteiger partial charge in [-0.2, -0.15) is 0 Å². The highest BCUT2D eigenvalue weighted by Gasteiger charge is 2.13. The summed E-state index contributed by atoms with van der Waals surface area (Å²) >= 11 is 0. The van der Waals surface area contributed by atoms with E-state index >= 15 is 0 Å². The average molecular weight is 362 g/mol. The molecule has 138 valence electrons. The molecule has 27 heavy (non-hydrogen) atoms. The van der Waals surface area contributed by atoms with E-state index in [1.165, 1.54) is 5.56 Å². The first-order valence-corrected chi connectivity index (χ1v) is 8.75. The fraction of sp³-hybridized carbons (Fsp3) is 0.190. The van der Waals surface area contributed by atoms with Crippen LogP contribution in [0.1, 0.15) is 28.7 Å². The van der Waals surface area contributed by atoms with Gasteiger partial charge in [0.1, 0.15) is 11.4 Å². The largest absolute Gasteiger partial charge is 0.495 e. The highest BCUT2D eigenvalue weighted by molar-refractivity contribution is 6.03. The molecule has 0 aliphatic rings. The summed E-state index contributed by atoms with van der Waals surface area (Å²) in [5.41, 5.74) is 3.69. The molecule has 0 aliphatic carbocycles. The Morgan fingerprint density at radius 1 is 1.07 bits per heavy atom. The van der Waals surface area contributed by atoms with Gasteiger partial charge < -0.3 is 15.4 Å². The zero-order valence-electron chi connectivity index (χ0n) is 15.6. The maximum absolute atomic E-state index is 12.6. The van der Waals surface area contributed by atoms with Crippen LogP contribution in [0.3, 0.4) is 0 Å². The van der Waals surface area contributed by atoms with Crippen molar-refractivity contribution in [1.29, 1.82) is 0 Å². The van der Waals surface area contributed by atoms with Crippen LogP contribution in [0, 0.1) is 6.92 Å². The predicted octanol–water partition coefficient (Wildman–Crippen LogP) is 4.35. The van der Waals surface area contributed by atoms with Crippen molar-refractivity contribution in [2.45, 2.75) is 20.3 Å². The number of carbonyl (C=O) groups excluding carboxylic acids is 1. The van der Waals surface area contributed by atoms with Gasteiger partial charge in [0.2, 0.25) is 5.95 Å². The lowest BCUT2D eigenvalue weighted by Crippen LogP contribution is -2.16. The lowest BCUT2D eigenvalue weighted by atomic mass is 10.1. The molecule has 0 aliphatic heterocycles. The van der Waals surface area contributed by atoms with Gasteiger partial charge in [0.25, 0.3) is 5.91 Å². The van der Waals surface area contributed by atoms with Crippen molar-refractivity contribution in [1.82, 2.24) is 9.97 Å². The summed E-state index contributed by atoms with van der Waals surface area (Å²) in [4.78, 5) is 21.4. The van der Waals surface area contributed by atoms with Crippen molar-refractivity contribution >= 4 is 23.2 Å². The summed E-state index contributed by atoms with van der Waals surface area (Å²) < 4.78 is 5.27. The number of nitrogens with zero attached hydrogens (tertiary/aromatic N) is 2. The van der Waals surface area contributed by atoms with Gasteiger partial charge in [-0.15, -0.1) is 0 Å². The van der Waals surface area contributed by atoms with Crippen LogP contribution in [0.2, 0.25) is 0 Å². The topological polar surface area (TPSA) is 76.1 Å². The Balaban J connectivity index is 1.80. The van der Waals surface area contributed by atoms with Crippen LogP contribution in [0.4, 0.5) is 17.3 Å². The number of anilines is 3. The Kier molecular flexibility index (Phi) is 5.66. The molecule has 0 saturated carbocycles. The van der Waals surface area contributed by atoms with Crippen molar-refractivity contribution in [3.8, 4) is 5.75 Å². The van der Waals surface area contributed by atoms with Gasteiger partial charge in [-0.05, 0) is 49.2 Å². The second-order valence-corrected chi connectivity index (χ2v) is 6.05. The molecule has 1 heterocycles. The van der Waals surface area contributed by atoms with Crippen LogP contribution >= 0.6 is 0 Å². The molecular weight excluding hydrogens is 340 g/mol. The molecule has 0 saturated heterocycles. The standard InChI is InChI=1S/C21H22N4O2/c1-4-15-9-11-16(12-10-15)23-21-22-14(2)13-18(25-21)20(26)24-17-7-5-6-8-19(17)27-3/h5-13H,4H2,1-3H3,(H,24,26)(H,22,23,25). The van der Waals surface area contributed by atoms with Gasteiger partial charge in [0, 0.05) is 11.4 Å². The second-order valence-electron chi connectivity index (χ2n) is 6.05. The Hall–Kier alpha value is -3.41. The van der Waals surface area contributed by atoms with E-state index in [4.69, 9.17) is 4.74 Å². The molecule has 3 aromatic rings. The summed E-state index contributed by atoms with van der Waals surface area (Å²) in [5.74, 6) is 0.643. The quantitative estimate of drug-likeness (QED) is 0.682. The number of aryl methyl sites for hydroxylation is 2. The zero-order valence-corrected chi connectivity index (χ0v) is 15.6. The minimum atomic E-state index is -0.325. The Morgan fingerprint density at radius 3 is 2.52 bits per heavy atom. The van der Waals surface area contributed by atoms with Gasteiger partial charge in [-0.1, -0.05) is 31.2 Å². The number of ether oxygens (including phenoxy) is 1. The van der Waals surface area contributed by atoms with Crippen LogP contribution < -0.4 is 15.4 Å². The van der Waals surface area contributed by atoms with Crippen molar-refractivity contribution in [2.24, 2.45) is 0 Å². The normalized spacial score (nSPS) is 10.3. The highest BCUT2D eigenvalue weighted by Crippen LogP contribution is 2.24. The molecular formula is C21H22N4O2. The second kappa shape index (κ2) is 8.31. The Morgan fingerprint density at radius 2 is 1.81 bits per heavy atom. The lowest BCUT2D eigenvalue weighted by Gasteiger charge is -2.11. The molecule has 3 rings (SSSR count). The summed E-state index contributed by atoms with van der Waals surface area (Å²) in [7, 11) is 1.56. The average Bonchev–Trinajstić information content (AvgIpc) is 2.68. The maximum Gasteiger partial charge on any atom is 0.274 e. The van der Waals surface area contributed by atoms with E-state index in [1.54, 1.807) is 25.3 Å². The number of hydrogen-bond donors (Lipinski definition) is 2. The molecule has 0 radical (unpaired) electrons. The number of methoxy groups -OCH3 is 1. The summed E-state index contributed by atoms with van der Waals surface area (Å²) in [6, 6.07) is 16.9. The summed E-state index contributed by atoms with van der Waals surface area (Å²) in [5, 5.41) is 5.98. The lowest BCUT2D eigenvalue weighted by molar-refractivity contribution is 0.102. The van der Waals surface area contributed by atoms with E-state index in [0.717, 1.165) is 12.1 Å². The van der Waals surface area contributed by atoms with E-state index in [1.807, 2.05) is 43.3 Å². The maximum atomic E-state index is 12.6. The molecule has 0 unspecified atom stereocenters. The molecule has 2 aromatic carbocycles. The van der Waals surface area contributed by atoms with E-state index in [2.05, 4.69) is 27.5 Å². The van der Waals surface area contributed by atoms with Crippen LogP contribution in [0.5, 0.6) is 5.75 Å². The minimum Gasteiger partial charge on any atom is -0.495 e. The van der Waals surface area contributed by atoms with Gasteiger partial charge in [0.05, 0.1) is 12.8 Å². The van der Waals surface area contributed by atoms with Crippen LogP contribution in [0.15, 0.2) is 54.6 Å². The number of benzene rings is 2. The third-order valence-corrected chi connectivity index (χ3v) is 4.06. The van der Waals surface area contributed by atoms with E-state index < -0.39 is 0 Å². The smallest absolute Gasteiger partial charge is 0.274 e. The summed E-state index contributed by atoms with van der Waals surface area (Å²) in [6.45, 7) is 3.94. The number of para-hydroxylation sites is 2. The molecule has 1 aromatic heterocycles. The van der Waals surface area contributed by atoms with Crippen molar-refractivity contribution in [2.75, 3.05) is 17.7 Å². The van der Waals surface area contributed by atoms with Crippen LogP contribution in [-0.2, 0) is 6.42 Å². The van der Waals surface area contributed by atoms with Crippen molar-refractivity contribution < 1.29 is 9.53 Å². The Bertz CT molecular complexity index is 939. The van der Waals surface area contributed by atoms with Gasteiger partial charge in [-0.3, -0.25) is 4.79 Å². The number of amides is 1. The van der Waals surface area contributed by atoms with E-state index in [9.17, 15) is 4.79 Å². The molecule has 0 atom stereocenters. The number of aromatic nitrogens is 2. The van der Waals surface area contributed by atoms with Crippen LogP contribution in [-0.4, -0.2) is 23.0 Å². The number of carbonyl (C=O) groups is 1. The van der Waals surface area contributed by atoms with Crippen molar-refractivity contribution in [3.05, 3.63) is 71.5 Å². The number of hydrogen-bond acceptors (Lipinski definition) is 5. The number of rotatable bonds is 6. The first kappa shape index (κ1) is 18.4. The molecule has 6 heteroatoms. The van der Waals surface area contributed by atoms with Gasteiger partial charge >= 0.3 is 0 Å². The molecule has 0 fully saturated rings. The van der Waals surface area contributed by atoms with Gasteiger partial charge in [0.15, 0.2) is 0 Å². The first-order chi connectivity index (χ1) is 13.1. The SMILES string of the molecule is CCc1ccc(Nc2nc(C)cc(C(=O)Nc3ccccc3OC)n2)cc1. The van der Waals surface area contributed by atoms with E-state index in [0.29, 0.717) is 23.1 Å². The van der Waals surface area contributed by atoms with E-state index in [-0.39, 0.29) is 11.6 Å². The van der Waals surface area contributed by atoms with Crippen LogP contribution in [0.25, 0.3) is 0 Å². The first-order valence-electron chi connectivity index (χ1n) is 8.75. The molecule has 1 amide bonds. The minimum absolute atomic E-state index is 0.279. The fourth-order valence-corrected chi connectivity index (χ4v) is 2.63. The number of nitrogens with one attached hydrogen (secondary N) is 2. The monoisotopic (exact) mass is 362 g/mol. The van der Waals surface area contributed by atoms with Gasteiger partial charge in [-0.25, -0.2) is 9.97 Å². The summed E-state index contributed by atoms with van der Waals surface area (Å²) in [6.07, 6.45) is 0.981. The predicted molar refractivity (Wildman–Crippen MR) is 107 cm³/mol. The third-order valence-electron chi connectivity index (χ3n) is 4.06. The zero-order chi connectivity index (χ0) is 19.2. The van der Waals surface area contributed by atoms with Crippen molar-refractivity contribution in [3.63, 3.8) is 0 Å². The molecule has 0 bridgehead atoms. The molecule has 6 nitrogen and oxygen atoms in total. The molecule has 0 spiro atoms. The third kappa shape index (κ3) is 4.61. The fourth-order valence-electron chi connectivity index (χ4n) is 2.63.